The average molecular weight is 293 g/mol. The van der Waals surface area contributed by atoms with Gasteiger partial charge in [-0.15, -0.1) is 0 Å². The predicted octanol–water partition coefficient (Wildman–Crippen LogP) is 1.55. The van der Waals surface area contributed by atoms with Gasteiger partial charge in [-0.05, 0) is 37.0 Å². The number of benzene rings is 1. The molecule has 0 saturated carbocycles. The van der Waals surface area contributed by atoms with Crippen LogP contribution in [0.3, 0.4) is 0 Å². The van der Waals surface area contributed by atoms with Crippen LogP contribution in [0, 0.1) is 5.92 Å². The van der Waals surface area contributed by atoms with Crippen molar-refractivity contribution in [1.29, 1.82) is 0 Å². The first-order valence-corrected chi connectivity index (χ1v) is 6.88. The molecule has 6 nitrogen and oxygen atoms in total. The van der Waals surface area contributed by atoms with Crippen LogP contribution in [0.5, 0.6) is 5.75 Å². The van der Waals surface area contributed by atoms with Crippen LogP contribution in [0.4, 0.5) is 0 Å². The monoisotopic (exact) mass is 293 g/mol. The summed E-state index contributed by atoms with van der Waals surface area (Å²) in [7, 11) is 1.43. The molecule has 1 aliphatic heterocycles. The summed E-state index contributed by atoms with van der Waals surface area (Å²) in [5.41, 5.74) is 0.318. The zero-order valence-electron chi connectivity index (χ0n) is 11.9. The fraction of sp³-hybridized carbons (Fsp3) is 0.467. The Morgan fingerprint density at radius 1 is 1.38 bits per heavy atom. The fourth-order valence-corrected chi connectivity index (χ4v) is 2.27. The van der Waals surface area contributed by atoms with Crippen molar-refractivity contribution in [2.75, 3.05) is 26.9 Å². The molecule has 0 aromatic heterocycles. The molecule has 114 valence electrons. The van der Waals surface area contributed by atoms with Crippen molar-refractivity contribution in [3.05, 3.63) is 29.3 Å². The van der Waals surface area contributed by atoms with Gasteiger partial charge in [0.05, 0.1) is 12.7 Å². The Bertz CT molecular complexity index is 523. The highest BCUT2D eigenvalue weighted by Crippen LogP contribution is 2.18. The third-order valence-corrected chi connectivity index (χ3v) is 3.51. The van der Waals surface area contributed by atoms with Gasteiger partial charge in [0.15, 0.2) is 0 Å². The fourth-order valence-electron chi connectivity index (χ4n) is 2.27. The molecule has 1 heterocycles. The third kappa shape index (κ3) is 4.19. The van der Waals surface area contributed by atoms with Gasteiger partial charge in [-0.3, -0.25) is 4.79 Å². The van der Waals surface area contributed by atoms with E-state index >= 15 is 0 Å². The Hall–Kier alpha value is -2.08. The van der Waals surface area contributed by atoms with E-state index in [9.17, 15) is 9.59 Å². The summed E-state index contributed by atoms with van der Waals surface area (Å²) < 4.78 is 10.3. The molecule has 1 atom stereocenters. The van der Waals surface area contributed by atoms with Gasteiger partial charge in [0.2, 0.25) is 0 Å². The Kier molecular flexibility index (Phi) is 5.16. The molecule has 0 aliphatic carbocycles. The molecule has 0 unspecified atom stereocenters. The van der Waals surface area contributed by atoms with Crippen LogP contribution >= 0.6 is 0 Å². The maximum absolute atomic E-state index is 12.1. The maximum atomic E-state index is 12.1. The van der Waals surface area contributed by atoms with E-state index in [0.717, 1.165) is 26.1 Å². The summed E-state index contributed by atoms with van der Waals surface area (Å²) in [6.07, 6.45) is 1.89. The van der Waals surface area contributed by atoms with Gasteiger partial charge in [-0.25, -0.2) is 4.79 Å². The smallest absolute Gasteiger partial charge is 0.335 e. The van der Waals surface area contributed by atoms with E-state index in [2.05, 4.69) is 5.32 Å². The minimum Gasteiger partial charge on any atom is -0.497 e. The zero-order chi connectivity index (χ0) is 15.2. The largest absolute Gasteiger partial charge is 0.497 e. The third-order valence-electron chi connectivity index (χ3n) is 3.51. The van der Waals surface area contributed by atoms with Gasteiger partial charge in [-0.1, -0.05) is 0 Å². The molecule has 21 heavy (non-hydrogen) atoms. The molecule has 6 heteroatoms. The lowest BCUT2D eigenvalue weighted by Gasteiger charge is -2.10. The topological polar surface area (TPSA) is 84.9 Å². The van der Waals surface area contributed by atoms with Crippen molar-refractivity contribution in [1.82, 2.24) is 5.32 Å². The number of carbonyl (C=O) groups excluding carboxylic acids is 1. The van der Waals surface area contributed by atoms with Crippen molar-refractivity contribution in [3.8, 4) is 5.75 Å². The van der Waals surface area contributed by atoms with E-state index in [1.54, 1.807) is 0 Å². The van der Waals surface area contributed by atoms with Crippen molar-refractivity contribution in [3.63, 3.8) is 0 Å². The summed E-state index contributed by atoms with van der Waals surface area (Å²) in [5.74, 6) is -0.546. The van der Waals surface area contributed by atoms with Crippen molar-refractivity contribution >= 4 is 11.9 Å². The second kappa shape index (κ2) is 7.08. The highest BCUT2D eigenvalue weighted by Gasteiger charge is 2.16. The second-order valence-electron chi connectivity index (χ2n) is 5.03. The minimum absolute atomic E-state index is 0.0312. The lowest BCUT2D eigenvalue weighted by molar-refractivity contribution is 0.0696. The quantitative estimate of drug-likeness (QED) is 0.831. The molecule has 0 bridgehead atoms. The number of hydrogen-bond acceptors (Lipinski definition) is 4. The Morgan fingerprint density at radius 3 is 2.76 bits per heavy atom. The normalized spacial score (nSPS) is 17.5. The molecular weight excluding hydrogens is 274 g/mol. The molecule has 1 aromatic carbocycles. The predicted molar refractivity (Wildman–Crippen MR) is 75.8 cm³/mol. The first-order chi connectivity index (χ1) is 10.1. The van der Waals surface area contributed by atoms with E-state index in [4.69, 9.17) is 14.6 Å². The molecule has 1 aliphatic rings. The summed E-state index contributed by atoms with van der Waals surface area (Å²) in [6, 6.07) is 4.26. The number of amides is 1. The van der Waals surface area contributed by atoms with Gasteiger partial charge >= 0.3 is 5.97 Å². The van der Waals surface area contributed by atoms with Crippen molar-refractivity contribution in [2.24, 2.45) is 5.92 Å². The van der Waals surface area contributed by atoms with Crippen LogP contribution in [0.25, 0.3) is 0 Å². The number of aromatic carboxylic acids is 1. The zero-order valence-corrected chi connectivity index (χ0v) is 11.9. The van der Waals surface area contributed by atoms with Gasteiger partial charge in [-0.2, -0.15) is 0 Å². The highest BCUT2D eigenvalue weighted by atomic mass is 16.5. The number of methoxy groups -OCH3 is 1. The summed E-state index contributed by atoms with van der Waals surface area (Å²) in [6.45, 7) is 2.08. The van der Waals surface area contributed by atoms with Crippen LogP contribution in [0.15, 0.2) is 18.2 Å². The minimum atomic E-state index is -1.09. The first-order valence-electron chi connectivity index (χ1n) is 6.88. The van der Waals surface area contributed by atoms with Crippen molar-refractivity contribution < 1.29 is 24.2 Å². The van der Waals surface area contributed by atoms with Crippen LogP contribution in [-0.4, -0.2) is 43.9 Å². The number of carboxylic acid groups (broad SMARTS) is 1. The van der Waals surface area contributed by atoms with Gasteiger partial charge in [0.1, 0.15) is 5.75 Å². The molecule has 1 saturated heterocycles. The molecule has 0 radical (unpaired) electrons. The van der Waals surface area contributed by atoms with Crippen molar-refractivity contribution in [2.45, 2.75) is 12.8 Å². The average Bonchev–Trinajstić information content (AvgIpc) is 2.99. The molecule has 1 amide bonds. The molecule has 0 spiro atoms. The van der Waals surface area contributed by atoms with E-state index in [1.165, 1.54) is 25.3 Å². The number of carboxylic acids is 1. The van der Waals surface area contributed by atoms with E-state index < -0.39 is 5.97 Å². The summed E-state index contributed by atoms with van der Waals surface area (Å²) >= 11 is 0. The second-order valence-corrected chi connectivity index (χ2v) is 5.03. The van der Waals surface area contributed by atoms with Gasteiger partial charge in [0, 0.05) is 25.3 Å². The number of ether oxygens (including phenoxy) is 2. The number of nitrogens with one attached hydrogen (secondary N) is 1. The number of carbonyl (C=O) groups is 2. The van der Waals surface area contributed by atoms with Crippen LogP contribution in [0.2, 0.25) is 0 Å². The van der Waals surface area contributed by atoms with Gasteiger partial charge in [0.25, 0.3) is 5.91 Å². The molecule has 2 N–H and O–H groups in total. The Morgan fingerprint density at radius 2 is 2.14 bits per heavy atom. The molecule has 2 rings (SSSR count). The number of rotatable bonds is 6. The van der Waals surface area contributed by atoms with E-state index in [-0.39, 0.29) is 17.0 Å². The standard InChI is InChI=1S/C15H19NO5/c1-20-13-7-11(6-12(8-13)15(18)19)14(17)16-4-2-10-3-5-21-9-10/h6-8,10H,2-5,9H2,1H3,(H,16,17)(H,18,19)/t10-/m1/s1. The molecule has 1 aromatic rings. The van der Waals surface area contributed by atoms with E-state index in [0.29, 0.717) is 18.2 Å². The summed E-state index contributed by atoms with van der Waals surface area (Å²) in [5, 5.41) is 11.8. The van der Waals surface area contributed by atoms with E-state index in [1.807, 2.05) is 0 Å². The molecular formula is C15H19NO5. The van der Waals surface area contributed by atoms with Crippen LogP contribution in [-0.2, 0) is 4.74 Å². The van der Waals surface area contributed by atoms with Crippen LogP contribution < -0.4 is 10.1 Å². The SMILES string of the molecule is COc1cc(C(=O)O)cc(C(=O)NCC[C@@H]2CCOC2)c1. The maximum Gasteiger partial charge on any atom is 0.335 e. The van der Waals surface area contributed by atoms with Crippen LogP contribution in [0.1, 0.15) is 33.6 Å². The first kappa shape index (κ1) is 15.3. The Labute approximate surface area is 123 Å². The summed E-state index contributed by atoms with van der Waals surface area (Å²) in [4.78, 5) is 23.1. The number of hydrogen-bond donors (Lipinski definition) is 2. The lowest BCUT2D eigenvalue weighted by Crippen LogP contribution is -2.26. The Balaban J connectivity index is 1.97. The van der Waals surface area contributed by atoms with Gasteiger partial charge < -0.3 is 19.9 Å². The highest BCUT2D eigenvalue weighted by molar-refractivity contribution is 5.98. The lowest BCUT2D eigenvalue weighted by atomic mass is 10.1. The molecule has 1 fully saturated rings.